The largest absolute Gasteiger partial charge is 0.507 e. The van der Waals surface area contributed by atoms with Crippen LogP contribution in [0.15, 0.2) is 18.2 Å². The second-order valence-electron chi connectivity index (χ2n) is 11.9. The number of likely N-dealkylation sites (N-methyl/N-ethyl adjacent to an activating group) is 1. The van der Waals surface area contributed by atoms with E-state index in [0.29, 0.717) is 0 Å². The molecule has 42 heavy (non-hydrogen) atoms. The number of methoxy groups -OCH3 is 2. The first-order chi connectivity index (χ1) is 19.6. The van der Waals surface area contributed by atoms with Gasteiger partial charge in [0.05, 0.1) is 41.5 Å². The fraction of sp³-hybridized carbons (Fsp3) is 0.533. The van der Waals surface area contributed by atoms with Gasteiger partial charge in [0, 0.05) is 24.7 Å². The molecule has 0 bridgehead atoms. The van der Waals surface area contributed by atoms with Crippen molar-refractivity contribution < 1.29 is 54.1 Å². The number of fused-ring (bicyclic) bond motifs is 3. The quantitative estimate of drug-likeness (QED) is 0.292. The maximum absolute atomic E-state index is 13.8. The van der Waals surface area contributed by atoms with E-state index in [0.717, 1.165) is 0 Å². The first kappa shape index (κ1) is 30.4. The summed E-state index contributed by atoms with van der Waals surface area (Å²) in [4.78, 5) is 29.3. The number of phenolic OH excluding ortho intramolecular Hbond substituents is 2. The molecule has 3 aliphatic rings. The van der Waals surface area contributed by atoms with Crippen LogP contribution < -0.4 is 4.74 Å². The van der Waals surface area contributed by atoms with Crippen LogP contribution in [0.4, 0.5) is 0 Å². The third-order valence-corrected chi connectivity index (χ3v) is 9.25. The molecule has 12 heteroatoms. The molecule has 228 valence electrons. The number of aliphatic hydroxyl groups excluding tert-OH is 2. The highest BCUT2D eigenvalue weighted by atomic mass is 16.7. The van der Waals surface area contributed by atoms with E-state index in [9.17, 15) is 35.1 Å². The van der Waals surface area contributed by atoms with Crippen LogP contribution in [0.2, 0.25) is 0 Å². The molecule has 0 amide bonds. The van der Waals surface area contributed by atoms with E-state index in [-0.39, 0.29) is 40.0 Å². The molecule has 12 nitrogen and oxygen atoms in total. The SMILES string of the molecule is COc1ccc(O)c2c1C(=O)c1cc3c(c(O)c1C2=O)[C@H](O[C@H]1C[C@](C)(N(C)C)[C@@H](O)[C@@H](C)O1)[C@@H](OC)[C@](C)(O)[C@@H]3O. The Balaban J connectivity index is 1.69. The Morgan fingerprint density at radius 3 is 2.29 bits per heavy atom. The minimum absolute atomic E-state index is 0.0440. The lowest BCUT2D eigenvalue weighted by molar-refractivity contribution is -0.295. The van der Waals surface area contributed by atoms with Crippen LogP contribution in [0.5, 0.6) is 17.2 Å². The van der Waals surface area contributed by atoms with Gasteiger partial charge in [-0.25, -0.2) is 0 Å². The average Bonchev–Trinajstić information content (AvgIpc) is 2.92. The van der Waals surface area contributed by atoms with Gasteiger partial charge in [0.25, 0.3) is 0 Å². The Hall–Kier alpha value is -3.10. The van der Waals surface area contributed by atoms with E-state index in [2.05, 4.69) is 0 Å². The summed E-state index contributed by atoms with van der Waals surface area (Å²) in [6.45, 7) is 4.88. The molecule has 0 saturated carbocycles. The zero-order chi connectivity index (χ0) is 31.0. The number of benzene rings is 2. The number of hydrogen-bond acceptors (Lipinski definition) is 12. The van der Waals surface area contributed by atoms with Crippen molar-refractivity contribution >= 4 is 11.6 Å². The topological polar surface area (TPSA) is 175 Å². The van der Waals surface area contributed by atoms with Gasteiger partial charge in [0.1, 0.15) is 41.2 Å². The summed E-state index contributed by atoms with van der Waals surface area (Å²) < 4.78 is 23.3. The number of hydrogen-bond donors (Lipinski definition) is 5. The van der Waals surface area contributed by atoms with Gasteiger partial charge in [-0.2, -0.15) is 0 Å². The number of rotatable bonds is 5. The Kier molecular flexibility index (Phi) is 7.42. The highest BCUT2D eigenvalue weighted by molar-refractivity contribution is 6.31. The predicted molar refractivity (Wildman–Crippen MR) is 147 cm³/mol. The minimum atomic E-state index is -1.98. The van der Waals surface area contributed by atoms with Crippen molar-refractivity contribution in [2.75, 3.05) is 28.3 Å². The van der Waals surface area contributed by atoms with Gasteiger partial charge in [0.2, 0.25) is 5.78 Å². The smallest absolute Gasteiger partial charge is 0.202 e. The van der Waals surface area contributed by atoms with Crippen molar-refractivity contribution in [3.8, 4) is 17.2 Å². The molecule has 5 N–H and O–H groups in total. The van der Waals surface area contributed by atoms with E-state index in [4.69, 9.17) is 18.9 Å². The summed E-state index contributed by atoms with van der Waals surface area (Å²) in [6.07, 6.45) is -6.53. The molecule has 1 fully saturated rings. The van der Waals surface area contributed by atoms with Crippen LogP contribution in [-0.2, 0) is 14.2 Å². The summed E-state index contributed by atoms with van der Waals surface area (Å²) in [7, 11) is 6.25. The van der Waals surface area contributed by atoms with Crippen molar-refractivity contribution in [3.05, 3.63) is 51.6 Å². The molecule has 0 radical (unpaired) electrons. The summed E-state index contributed by atoms with van der Waals surface area (Å²) in [6, 6.07) is 3.81. The van der Waals surface area contributed by atoms with Crippen molar-refractivity contribution in [1.82, 2.24) is 4.90 Å². The lowest BCUT2D eigenvalue weighted by atomic mass is 9.71. The molecule has 0 aromatic heterocycles. The predicted octanol–water partition coefficient (Wildman–Crippen LogP) is 1.57. The molecule has 8 atom stereocenters. The molecule has 1 aliphatic heterocycles. The molecular weight excluding hydrogens is 550 g/mol. The Labute approximate surface area is 243 Å². The summed E-state index contributed by atoms with van der Waals surface area (Å²) in [5, 5.41) is 56.0. The standard InChI is InChI=1S/C30H37NO11/c1-12-26(36)29(2,31(4)5)11-17(41-12)42-25-19-14(27(37)30(3,38)28(25)40-7)10-13-18(23(19)34)24(35)20-15(32)8-9-16(39-6)21(20)22(13)33/h8-10,12,17,25-28,32,34,36-38H,11H2,1-7H3/t12-,17+,25+,26+,27-,28-,29+,30-/m1/s1. The van der Waals surface area contributed by atoms with Crippen LogP contribution in [0, 0.1) is 0 Å². The second kappa shape index (κ2) is 10.3. The average molecular weight is 588 g/mol. The van der Waals surface area contributed by atoms with E-state index in [1.807, 2.05) is 25.9 Å². The Morgan fingerprint density at radius 1 is 1.02 bits per heavy atom. The normalized spacial score (nSPS) is 34.2. The van der Waals surface area contributed by atoms with Crippen LogP contribution in [0.25, 0.3) is 0 Å². The van der Waals surface area contributed by atoms with Crippen LogP contribution in [0.3, 0.4) is 0 Å². The second-order valence-corrected chi connectivity index (χ2v) is 11.9. The first-order valence-electron chi connectivity index (χ1n) is 13.6. The van der Waals surface area contributed by atoms with Crippen molar-refractivity contribution in [2.45, 2.75) is 75.1 Å². The molecule has 1 heterocycles. The summed E-state index contributed by atoms with van der Waals surface area (Å²) in [5.41, 5.74) is -4.00. The third kappa shape index (κ3) is 4.16. The fourth-order valence-electron chi connectivity index (χ4n) is 6.54. The van der Waals surface area contributed by atoms with E-state index >= 15 is 0 Å². The third-order valence-electron chi connectivity index (χ3n) is 9.25. The number of carbonyl (C=O) groups is 2. The molecule has 0 unspecified atom stereocenters. The lowest BCUT2D eigenvalue weighted by Gasteiger charge is -2.51. The number of aliphatic hydroxyl groups is 3. The van der Waals surface area contributed by atoms with Gasteiger partial charge in [-0.1, -0.05) is 0 Å². The molecule has 2 aromatic rings. The van der Waals surface area contributed by atoms with Gasteiger partial charge < -0.3 is 49.4 Å². The minimum Gasteiger partial charge on any atom is -0.507 e. The molecule has 2 aliphatic carbocycles. The zero-order valence-corrected chi connectivity index (χ0v) is 24.5. The van der Waals surface area contributed by atoms with Gasteiger partial charge >= 0.3 is 0 Å². The van der Waals surface area contributed by atoms with Crippen molar-refractivity contribution in [1.29, 1.82) is 0 Å². The number of ether oxygens (including phenoxy) is 4. The summed E-state index contributed by atoms with van der Waals surface area (Å²) in [5.74, 6) is -2.63. The maximum atomic E-state index is 13.8. The maximum Gasteiger partial charge on any atom is 0.202 e. The summed E-state index contributed by atoms with van der Waals surface area (Å²) >= 11 is 0. The lowest BCUT2D eigenvalue weighted by Crippen LogP contribution is -2.62. The van der Waals surface area contributed by atoms with Crippen molar-refractivity contribution in [3.63, 3.8) is 0 Å². The van der Waals surface area contributed by atoms with Crippen LogP contribution in [0.1, 0.15) is 82.4 Å². The van der Waals surface area contributed by atoms with Gasteiger partial charge in [-0.05, 0) is 58.6 Å². The molecule has 1 saturated heterocycles. The molecule has 2 aromatic carbocycles. The first-order valence-corrected chi connectivity index (χ1v) is 13.6. The number of carbonyl (C=O) groups excluding carboxylic acids is 2. The molecule has 0 spiro atoms. The van der Waals surface area contributed by atoms with Gasteiger partial charge in [-0.3, -0.25) is 9.59 Å². The van der Waals surface area contributed by atoms with E-state index < -0.39 is 76.6 Å². The van der Waals surface area contributed by atoms with Gasteiger partial charge in [-0.15, -0.1) is 0 Å². The Morgan fingerprint density at radius 2 is 1.69 bits per heavy atom. The monoisotopic (exact) mass is 587 g/mol. The van der Waals surface area contributed by atoms with E-state index in [1.165, 1.54) is 39.3 Å². The highest BCUT2D eigenvalue weighted by Crippen LogP contribution is 2.53. The zero-order valence-electron chi connectivity index (χ0n) is 24.5. The molecule has 5 rings (SSSR count). The number of nitrogens with zero attached hydrogens (tertiary/aromatic N) is 1. The van der Waals surface area contributed by atoms with E-state index in [1.54, 1.807) is 6.92 Å². The highest BCUT2D eigenvalue weighted by Gasteiger charge is 2.55. The van der Waals surface area contributed by atoms with Crippen LogP contribution in [-0.4, -0.2) is 106 Å². The number of phenols is 2. The number of ketones is 2. The van der Waals surface area contributed by atoms with Gasteiger partial charge in [0.15, 0.2) is 12.1 Å². The Bertz CT molecular complexity index is 1450. The molecular formula is C30H37NO11. The van der Waals surface area contributed by atoms with Crippen molar-refractivity contribution in [2.24, 2.45) is 0 Å². The number of aromatic hydroxyl groups is 2. The fourth-order valence-corrected chi connectivity index (χ4v) is 6.54. The van der Waals surface area contributed by atoms with Crippen LogP contribution >= 0.6 is 0 Å².